The number of hydrogen-bond acceptors (Lipinski definition) is 4. The number of nitrogens with one attached hydrogen (secondary N) is 1. The Hall–Kier alpha value is -2.67. The molecule has 27 heavy (non-hydrogen) atoms. The first-order chi connectivity index (χ1) is 12.9. The Balaban J connectivity index is 1.55. The van der Waals surface area contributed by atoms with E-state index in [0.717, 1.165) is 18.8 Å². The molecule has 1 aliphatic heterocycles. The van der Waals surface area contributed by atoms with Crippen molar-refractivity contribution in [3.63, 3.8) is 0 Å². The van der Waals surface area contributed by atoms with Crippen molar-refractivity contribution in [2.24, 2.45) is 0 Å². The Morgan fingerprint density at radius 2 is 1.93 bits per heavy atom. The minimum Gasteiger partial charge on any atom is -0.367 e. The van der Waals surface area contributed by atoms with Gasteiger partial charge in [-0.2, -0.15) is 0 Å². The predicted octanol–water partition coefficient (Wildman–Crippen LogP) is 2.72. The van der Waals surface area contributed by atoms with Gasteiger partial charge in [-0.3, -0.25) is 9.59 Å². The van der Waals surface area contributed by atoms with E-state index in [1.54, 1.807) is 25.3 Å². The highest BCUT2D eigenvalue weighted by atomic mass is 35.5. The van der Waals surface area contributed by atoms with Crippen LogP contribution >= 0.6 is 11.6 Å². The molecule has 1 aromatic heterocycles. The molecule has 3 rings (SSSR count). The summed E-state index contributed by atoms with van der Waals surface area (Å²) in [6.07, 6.45) is 1.73. The van der Waals surface area contributed by atoms with Gasteiger partial charge in [-0.1, -0.05) is 17.7 Å². The second-order valence-electron chi connectivity index (χ2n) is 6.37. The SMILES string of the molecule is CC(=O)N1CCN(c2ccc(NC(=O)Cc3ccc(Cl)c(F)c3)nc2)CC1. The fourth-order valence-electron chi connectivity index (χ4n) is 2.95. The minimum atomic E-state index is -0.547. The number of anilines is 2. The lowest BCUT2D eigenvalue weighted by molar-refractivity contribution is -0.129. The summed E-state index contributed by atoms with van der Waals surface area (Å²) in [4.78, 5) is 31.7. The van der Waals surface area contributed by atoms with E-state index in [0.29, 0.717) is 24.5 Å². The highest BCUT2D eigenvalue weighted by Crippen LogP contribution is 2.18. The lowest BCUT2D eigenvalue weighted by atomic mass is 10.1. The highest BCUT2D eigenvalue weighted by molar-refractivity contribution is 6.30. The molecule has 0 radical (unpaired) electrons. The molecule has 142 valence electrons. The number of nitrogens with zero attached hydrogens (tertiary/aromatic N) is 3. The molecule has 1 N–H and O–H groups in total. The second-order valence-corrected chi connectivity index (χ2v) is 6.78. The number of amides is 2. The maximum atomic E-state index is 13.4. The largest absolute Gasteiger partial charge is 0.367 e. The third kappa shape index (κ3) is 4.95. The van der Waals surface area contributed by atoms with E-state index in [2.05, 4.69) is 15.2 Å². The molecule has 0 bridgehead atoms. The van der Waals surface area contributed by atoms with Gasteiger partial charge in [-0.25, -0.2) is 9.37 Å². The average Bonchev–Trinajstić information content (AvgIpc) is 2.65. The van der Waals surface area contributed by atoms with Crippen molar-refractivity contribution in [3.8, 4) is 0 Å². The smallest absolute Gasteiger partial charge is 0.229 e. The van der Waals surface area contributed by atoms with E-state index in [1.165, 1.54) is 12.1 Å². The van der Waals surface area contributed by atoms with Gasteiger partial charge in [-0.15, -0.1) is 0 Å². The number of benzene rings is 1. The molecule has 1 aromatic carbocycles. The monoisotopic (exact) mass is 390 g/mol. The van der Waals surface area contributed by atoms with Crippen molar-refractivity contribution in [1.82, 2.24) is 9.88 Å². The second kappa shape index (κ2) is 8.35. The van der Waals surface area contributed by atoms with Crippen molar-refractivity contribution >= 4 is 34.9 Å². The van der Waals surface area contributed by atoms with Crippen LogP contribution in [0.2, 0.25) is 5.02 Å². The summed E-state index contributed by atoms with van der Waals surface area (Å²) >= 11 is 5.64. The predicted molar refractivity (Wildman–Crippen MR) is 102 cm³/mol. The summed E-state index contributed by atoms with van der Waals surface area (Å²) in [5.74, 6) is -0.312. The summed E-state index contributed by atoms with van der Waals surface area (Å²) in [5.41, 5.74) is 1.48. The first-order valence-electron chi connectivity index (χ1n) is 8.62. The van der Waals surface area contributed by atoms with Crippen molar-refractivity contribution in [2.45, 2.75) is 13.3 Å². The molecule has 0 spiro atoms. The van der Waals surface area contributed by atoms with Crippen LogP contribution in [0.4, 0.5) is 15.9 Å². The molecule has 0 unspecified atom stereocenters. The topological polar surface area (TPSA) is 65.5 Å². The number of hydrogen-bond donors (Lipinski definition) is 1. The Labute approximate surface area is 161 Å². The van der Waals surface area contributed by atoms with E-state index < -0.39 is 5.82 Å². The molecular weight excluding hydrogens is 371 g/mol. The van der Waals surface area contributed by atoms with Gasteiger partial charge in [0.2, 0.25) is 11.8 Å². The maximum Gasteiger partial charge on any atom is 0.229 e. The normalized spacial score (nSPS) is 14.2. The molecule has 8 heteroatoms. The van der Waals surface area contributed by atoms with Crippen LogP contribution in [0.1, 0.15) is 12.5 Å². The minimum absolute atomic E-state index is 0.0283. The third-order valence-electron chi connectivity index (χ3n) is 4.45. The molecule has 1 fully saturated rings. The van der Waals surface area contributed by atoms with Crippen molar-refractivity contribution in [2.75, 3.05) is 36.4 Å². The van der Waals surface area contributed by atoms with Crippen molar-refractivity contribution in [3.05, 3.63) is 52.9 Å². The van der Waals surface area contributed by atoms with Gasteiger partial charge < -0.3 is 15.1 Å². The van der Waals surface area contributed by atoms with E-state index in [9.17, 15) is 14.0 Å². The molecule has 1 aliphatic rings. The Bertz CT molecular complexity index is 836. The van der Waals surface area contributed by atoms with Gasteiger partial charge >= 0.3 is 0 Å². The van der Waals surface area contributed by atoms with E-state index in [4.69, 9.17) is 11.6 Å². The molecule has 2 amide bonds. The van der Waals surface area contributed by atoms with Crippen LogP contribution in [0.5, 0.6) is 0 Å². The summed E-state index contributed by atoms with van der Waals surface area (Å²) in [7, 11) is 0. The number of rotatable bonds is 4. The molecule has 1 saturated heterocycles. The summed E-state index contributed by atoms with van der Waals surface area (Å²) in [6.45, 7) is 4.44. The van der Waals surface area contributed by atoms with Crippen LogP contribution in [-0.2, 0) is 16.0 Å². The van der Waals surface area contributed by atoms with Gasteiger partial charge in [0.05, 0.1) is 23.3 Å². The molecule has 6 nitrogen and oxygen atoms in total. The zero-order chi connectivity index (χ0) is 19.4. The zero-order valence-electron chi connectivity index (χ0n) is 14.9. The number of piperazine rings is 1. The Morgan fingerprint density at radius 3 is 2.52 bits per heavy atom. The quantitative estimate of drug-likeness (QED) is 0.871. The molecular formula is C19H20ClFN4O2. The Kier molecular flexibility index (Phi) is 5.91. The lowest BCUT2D eigenvalue weighted by Crippen LogP contribution is -2.48. The number of pyridine rings is 1. The van der Waals surface area contributed by atoms with E-state index >= 15 is 0 Å². The van der Waals surface area contributed by atoms with Crippen LogP contribution in [0.3, 0.4) is 0 Å². The summed E-state index contributed by atoms with van der Waals surface area (Å²) < 4.78 is 13.4. The summed E-state index contributed by atoms with van der Waals surface area (Å²) in [6, 6.07) is 7.90. The molecule has 0 atom stereocenters. The number of halogens is 2. The molecule has 0 aliphatic carbocycles. The molecule has 0 saturated carbocycles. The van der Waals surface area contributed by atoms with Gasteiger partial charge in [0, 0.05) is 33.1 Å². The van der Waals surface area contributed by atoms with E-state index in [1.807, 2.05) is 11.0 Å². The first-order valence-corrected chi connectivity index (χ1v) is 9.00. The lowest BCUT2D eigenvalue weighted by Gasteiger charge is -2.35. The van der Waals surface area contributed by atoms with Crippen LogP contribution in [0, 0.1) is 5.82 Å². The molecule has 2 heterocycles. The molecule has 2 aromatic rings. The van der Waals surface area contributed by atoms with Crippen molar-refractivity contribution < 1.29 is 14.0 Å². The van der Waals surface area contributed by atoms with Crippen LogP contribution < -0.4 is 10.2 Å². The van der Waals surface area contributed by atoms with Gasteiger partial charge in [0.15, 0.2) is 0 Å². The number of carbonyl (C=O) groups is 2. The third-order valence-corrected chi connectivity index (χ3v) is 4.76. The Morgan fingerprint density at radius 1 is 1.19 bits per heavy atom. The van der Waals surface area contributed by atoms with Crippen LogP contribution in [-0.4, -0.2) is 47.9 Å². The fourth-order valence-corrected chi connectivity index (χ4v) is 3.07. The van der Waals surface area contributed by atoms with Gasteiger partial charge in [0.25, 0.3) is 0 Å². The number of carbonyl (C=O) groups excluding carboxylic acids is 2. The number of aromatic nitrogens is 1. The van der Waals surface area contributed by atoms with Gasteiger partial charge in [0.1, 0.15) is 11.6 Å². The fraction of sp³-hybridized carbons (Fsp3) is 0.316. The van der Waals surface area contributed by atoms with Crippen LogP contribution in [0.15, 0.2) is 36.5 Å². The van der Waals surface area contributed by atoms with Crippen LogP contribution in [0.25, 0.3) is 0 Å². The van der Waals surface area contributed by atoms with Gasteiger partial charge in [-0.05, 0) is 29.8 Å². The first kappa shape index (κ1) is 19.1. The average molecular weight is 391 g/mol. The highest BCUT2D eigenvalue weighted by Gasteiger charge is 2.19. The zero-order valence-corrected chi connectivity index (χ0v) is 15.7. The summed E-state index contributed by atoms with van der Waals surface area (Å²) in [5, 5.41) is 2.73. The van der Waals surface area contributed by atoms with Crippen molar-refractivity contribution in [1.29, 1.82) is 0 Å². The maximum absolute atomic E-state index is 13.4. The van der Waals surface area contributed by atoms with E-state index in [-0.39, 0.29) is 23.3 Å². The standard InChI is InChI=1S/C19H20ClFN4O2/c1-13(26)24-6-8-25(9-7-24)15-3-5-18(22-12-15)23-19(27)11-14-2-4-16(20)17(21)10-14/h2-5,10,12H,6-9,11H2,1H3,(H,22,23,27).